The van der Waals surface area contributed by atoms with Crippen LogP contribution in [0.4, 0.5) is 0 Å². The Kier molecular flexibility index (Phi) is 20.7. The van der Waals surface area contributed by atoms with Crippen LogP contribution < -0.4 is 5.32 Å². The van der Waals surface area contributed by atoms with Crippen LogP contribution in [0.25, 0.3) is 0 Å². The van der Waals surface area contributed by atoms with Crippen LogP contribution >= 0.6 is 0 Å². The molecule has 0 rings (SSSR count). The van der Waals surface area contributed by atoms with E-state index in [1.807, 2.05) is 14.1 Å². The Labute approximate surface area is 41.7 Å². The van der Waals surface area contributed by atoms with Gasteiger partial charge in [-0.05, 0) is 14.1 Å². The van der Waals surface area contributed by atoms with E-state index in [1.54, 1.807) is 0 Å². The van der Waals surface area contributed by atoms with Crippen molar-refractivity contribution in [1.29, 1.82) is 0 Å². The molecule has 0 saturated heterocycles. The maximum absolute atomic E-state index is 2.75. The fourth-order valence-corrected chi connectivity index (χ4v) is 0. The van der Waals surface area contributed by atoms with Crippen molar-refractivity contribution in [3.05, 3.63) is 0 Å². The maximum atomic E-state index is 2.75. The summed E-state index contributed by atoms with van der Waals surface area (Å²) in [4.78, 5) is 0. The molecule has 20 valence electrons. The van der Waals surface area contributed by atoms with E-state index >= 15 is 0 Å². The molecule has 0 aromatic heterocycles. The zero-order valence-electron chi connectivity index (χ0n) is 3.00. The first-order valence-corrected chi connectivity index (χ1v) is 1.00. The Bertz CT molecular complexity index is 6.00. The second kappa shape index (κ2) is 9.37. The molecular formula is C2H7NTi+4. The van der Waals surface area contributed by atoms with Crippen molar-refractivity contribution in [1.82, 2.24) is 5.32 Å². The Hall–Kier alpha value is 0.674. The van der Waals surface area contributed by atoms with Gasteiger partial charge in [-0.15, -0.1) is 0 Å². The third-order valence-corrected chi connectivity index (χ3v) is 0. The fourth-order valence-electron chi connectivity index (χ4n) is 0. The van der Waals surface area contributed by atoms with Crippen LogP contribution in [0.1, 0.15) is 0 Å². The van der Waals surface area contributed by atoms with E-state index in [9.17, 15) is 0 Å². The summed E-state index contributed by atoms with van der Waals surface area (Å²) in [6.07, 6.45) is 0. The molecule has 0 aliphatic rings. The van der Waals surface area contributed by atoms with E-state index in [0.29, 0.717) is 0 Å². The van der Waals surface area contributed by atoms with Gasteiger partial charge in [0.15, 0.2) is 0 Å². The predicted molar refractivity (Wildman–Crippen MR) is 15.0 cm³/mol. The summed E-state index contributed by atoms with van der Waals surface area (Å²) >= 11 is 0. The largest absolute Gasteiger partial charge is 4.00 e. The van der Waals surface area contributed by atoms with Gasteiger partial charge in [-0.25, -0.2) is 0 Å². The second-order valence-electron chi connectivity index (χ2n) is 0.500. The molecule has 2 heteroatoms. The van der Waals surface area contributed by atoms with Crippen molar-refractivity contribution in [3.63, 3.8) is 0 Å². The first-order valence-electron chi connectivity index (χ1n) is 1.00. The molecule has 0 amide bonds. The molecule has 0 saturated carbocycles. The molecule has 4 heavy (non-hydrogen) atoms. The van der Waals surface area contributed by atoms with Crippen LogP contribution in [0.2, 0.25) is 0 Å². The molecule has 0 spiro atoms. The molecule has 0 unspecified atom stereocenters. The van der Waals surface area contributed by atoms with Gasteiger partial charge in [-0.3, -0.25) is 0 Å². The Morgan fingerprint density at radius 1 is 1.25 bits per heavy atom. The Morgan fingerprint density at radius 3 is 1.25 bits per heavy atom. The summed E-state index contributed by atoms with van der Waals surface area (Å²) in [5.41, 5.74) is 0. The van der Waals surface area contributed by atoms with Gasteiger partial charge in [0, 0.05) is 0 Å². The van der Waals surface area contributed by atoms with Crippen molar-refractivity contribution in [2.45, 2.75) is 0 Å². The number of hydrogen-bond acceptors (Lipinski definition) is 1. The molecule has 0 bridgehead atoms. The SMILES string of the molecule is CNC.[Ti+4]. The summed E-state index contributed by atoms with van der Waals surface area (Å²) in [6.45, 7) is 0. The van der Waals surface area contributed by atoms with E-state index in [4.69, 9.17) is 0 Å². The van der Waals surface area contributed by atoms with Gasteiger partial charge in [0.2, 0.25) is 0 Å². The third kappa shape index (κ3) is 16.5. The van der Waals surface area contributed by atoms with E-state index in [0.717, 1.165) is 0 Å². The van der Waals surface area contributed by atoms with E-state index < -0.39 is 0 Å². The van der Waals surface area contributed by atoms with Gasteiger partial charge < -0.3 is 5.32 Å². The second-order valence-corrected chi connectivity index (χ2v) is 0.500. The maximum Gasteiger partial charge on any atom is 4.00 e. The van der Waals surface area contributed by atoms with Crippen molar-refractivity contribution in [3.8, 4) is 0 Å². The van der Waals surface area contributed by atoms with Gasteiger partial charge in [-0.2, -0.15) is 0 Å². The minimum atomic E-state index is 0. The average molecular weight is 93.0 g/mol. The number of hydrogen-bond donors (Lipinski definition) is 1. The number of rotatable bonds is 0. The standard InChI is InChI=1S/C2H7N.Ti/c1-3-2;/h3H,1-2H3;/q;+4. The smallest absolute Gasteiger partial charge is 0.323 e. The monoisotopic (exact) mass is 93.0 g/mol. The van der Waals surface area contributed by atoms with Gasteiger partial charge in [0.1, 0.15) is 0 Å². The molecule has 0 fully saturated rings. The first kappa shape index (κ1) is 8.82. The molecule has 1 N–H and O–H groups in total. The predicted octanol–water partition coefficient (Wildman–Crippen LogP) is -0.167. The molecule has 0 aliphatic carbocycles. The summed E-state index contributed by atoms with van der Waals surface area (Å²) in [5.74, 6) is 0. The first-order chi connectivity index (χ1) is 1.41. The van der Waals surface area contributed by atoms with Gasteiger partial charge in [0.25, 0.3) is 0 Å². The van der Waals surface area contributed by atoms with Crippen LogP contribution in [0, 0.1) is 0 Å². The van der Waals surface area contributed by atoms with Crippen molar-refractivity contribution in [2.24, 2.45) is 0 Å². The topological polar surface area (TPSA) is 12.0 Å². The molecule has 0 heterocycles. The van der Waals surface area contributed by atoms with E-state index in [2.05, 4.69) is 5.32 Å². The van der Waals surface area contributed by atoms with Crippen molar-refractivity contribution in [2.75, 3.05) is 14.1 Å². The molecule has 0 aromatic carbocycles. The van der Waals surface area contributed by atoms with E-state index in [1.165, 1.54) is 0 Å². The van der Waals surface area contributed by atoms with Crippen LogP contribution in [0.3, 0.4) is 0 Å². The molecule has 0 radical (unpaired) electrons. The summed E-state index contributed by atoms with van der Waals surface area (Å²) < 4.78 is 0. The number of nitrogens with one attached hydrogen (secondary N) is 1. The van der Waals surface area contributed by atoms with Crippen molar-refractivity contribution < 1.29 is 21.7 Å². The average Bonchev–Trinajstić information content (AvgIpc) is 0.918. The zero-order chi connectivity index (χ0) is 2.71. The quantitative estimate of drug-likeness (QED) is 0.410. The fraction of sp³-hybridized carbons (Fsp3) is 1.00. The van der Waals surface area contributed by atoms with Crippen molar-refractivity contribution >= 4 is 0 Å². The van der Waals surface area contributed by atoms with Gasteiger partial charge in [0.05, 0.1) is 0 Å². The summed E-state index contributed by atoms with van der Waals surface area (Å²) in [5, 5.41) is 2.75. The summed E-state index contributed by atoms with van der Waals surface area (Å²) in [7, 11) is 3.75. The molecule has 0 atom stereocenters. The molecule has 0 aromatic rings. The van der Waals surface area contributed by atoms with Crippen LogP contribution in [0.15, 0.2) is 0 Å². The van der Waals surface area contributed by atoms with Crippen LogP contribution in [0.5, 0.6) is 0 Å². The van der Waals surface area contributed by atoms with Crippen LogP contribution in [-0.4, -0.2) is 14.1 Å². The van der Waals surface area contributed by atoms with Gasteiger partial charge >= 0.3 is 21.7 Å². The minimum absolute atomic E-state index is 0. The Morgan fingerprint density at radius 2 is 1.25 bits per heavy atom. The molecule has 0 aliphatic heterocycles. The normalized spacial score (nSPS) is 4.50. The Balaban J connectivity index is 0. The molecule has 1 nitrogen and oxygen atoms in total. The van der Waals surface area contributed by atoms with Gasteiger partial charge in [-0.1, -0.05) is 0 Å². The zero-order valence-corrected chi connectivity index (χ0v) is 4.56. The third-order valence-electron chi connectivity index (χ3n) is 0. The van der Waals surface area contributed by atoms with E-state index in [-0.39, 0.29) is 21.7 Å². The molecular weight excluding hydrogens is 85.9 g/mol. The van der Waals surface area contributed by atoms with Crippen LogP contribution in [-0.2, 0) is 21.7 Å². The minimum Gasteiger partial charge on any atom is -0.323 e. The summed E-state index contributed by atoms with van der Waals surface area (Å²) in [6, 6.07) is 0.